The molecule has 0 aliphatic carbocycles. The molecule has 0 aromatic carbocycles. The Balaban J connectivity index is 3.18. The van der Waals surface area contributed by atoms with Gasteiger partial charge in [0.05, 0.1) is 6.61 Å². The largest absolute Gasteiger partial charge is 0.392 e. The highest BCUT2D eigenvalue weighted by molar-refractivity contribution is 14.1. The van der Waals surface area contributed by atoms with Crippen molar-refractivity contribution in [3.8, 4) is 0 Å². The minimum atomic E-state index is -2.62. The van der Waals surface area contributed by atoms with E-state index in [9.17, 15) is 8.78 Å². The minimum Gasteiger partial charge on any atom is -0.392 e. The lowest BCUT2D eigenvalue weighted by Gasteiger charge is -2.06. The first-order chi connectivity index (χ1) is 5.66. The van der Waals surface area contributed by atoms with E-state index in [0.29, 0.717) is 3.57 Å². The lowest BCUT2D eigenvalue weighted by Crippen LogP contribution is -2.00. The van der Waals surface area contributed by atoms with E-state index in [1.54, 1.807) is 6.07 Å². The molecule has 0 atom stereocenters. The van der Waals surface area contributed by atoms with Crippen molar-refractivity contribution in [1.29, 1.82) is 0 Å². The normalized spacial score (nSPS) is 10.8. The third-order valence-electron chi connectivity index (χ3n) is 1.40. The van der Waals surface area contributed by atoms with Gasteiger partial charge in [0.15, 0.2) is 0 Å². The summed E-state index contributed by atoms with van der Waals surface area (Å²) in [6.45, 7) is -0.397. The summed E-state index contributed by atoms with van der Waals surface area (Å²) in [5.41, 5.74) is -0.113. The van der Waals surface area contributed by atoms with E-state index in [1.165, 1.54) is 6.20 Å². The van der Waals surface area contributed by atoms with Gasteiger partial charge in [0.2, 0.25) is 0 Å². The molecule has 0 spiro atoms. The number of pyridine rings is 1. The summed E-state index contributed by atoms with van der Waals surface area (Å²) < 4.78 is 25.0. The molecule has 0 unspecified atom stereocenters. The molecule has 12 heavy (non-hydrogen) atoms. The average Bonchev–Trinajstić information content (AvgIpc) is 2.03. The van der Waals surface area contributed by atoms with E-state index in [1.807, 2.05) is 22.6 Å². The van der Waals surface area contributed by atoms with Gasteiger partial charge in [-0.05, 0) is 28.7 Å². The van der Waals surface area contributed by atoms with Crippen LogP contribution in [-0.4, -0.2) is 10.1 Å². The molecule has 1 N–H and O–H groups in total. The molecule has 0 amide bonds. The van der Waals surface area contributed by atoms with Crippen molar-refractivity contribution >= 4 is 22.6 Å². The quantitative estimate of drug-likeness (QED) is 0.844. The number of aliphatic hydroxyl groups is 1. The second-order valence-corrected chi connectivity index (χ2v) is 3.28. The Hall–Kier alpha value is -0.300. The molecule has 2 nitrogen and oxygen atoms in total. The molecule has 1 rings (SSSR count). The zero-order valence-electron chi connectivity index (χ0n) is 5.97. The maximum atomic E-state index is 12.2. The lowest BCUT2D eigenvalue weighted by molar-refractivity contribution is 0.141. The van der Waals surface area contributed by atoms with Crippen molar-refractivity contribution in [2.45, 2.75) is 13.0 Å². The SMILES string of the molecule is OCc1c(I)ccnc1C(F)F. The monoisotopic (exact) mass is 285 g/mol. The maximum absolute atomic E-state index is 12.2. The number of aliphatic hydroxyl groups excluding tert-OH is 1. The Morgan fingerprint density at radius 2 is 2.25 bits per heavy atom. The molecule has 0 fully saturated rings. The van der Waals surface area contributed by atoms with Gasteiger partial charge in [-0.25, -0.2) is 8.78 Å². The van der Waals surface area contributed by atoms with Crippen molar-refractivity contribution in [2.24, 2.45) is 0 Å². The van der Waals surface area contributed by atoms with Crippen molar-refractivity contribution in [1.82, 2.24) is 4.98 Å². The molecule has 0 aliphatic rings. The van der Waals surface area contributed by atoms with Crippen LogP contribution in [0.15, 0.2) is 12.3 Å². The predicted octanol–water partition coefficient (Wildman–Crippen LogP) is 2.12. The number of rotatable bonds is 2. The number of halogens is 3. The fourth-order valence-corrected chi connectivity index (χ4v) is 1.44. The van der Waals surface area contributed by atoms with E-state index in [-0.39, 0.29) is 11.3 Å². The van der Waals surface area contributed by atoms with E-state index in [0.717, 1.165) is 0 Å². The highest BCUT2D eigenvalue weighted by Gasteiger charge is 2.15. The summed E-state index contributed by atoms with van der Waals surface area (Å²) in [6.07, 6.45) is -1.32. The molecule has 0 saturated heterocycles. The van der Waals surface area contributed by atoms with Crippen LogP contribution in [0, 0.1) is 3.57 Å². The standard InChI is InChI=1S/C7H6F2INO/c8-7(9)6-4(3-12)5(10)1-2-11-6/h1-2,7,12H,3H2. The molecule has 1 aromatic rings. The highest BCUT2D eigenvalue weighted by Crippen LogP contribution is 2.23. The molecule has 0 radical (unpaired) electrons. The van der Waals surface area contributed by atoms with Crippen molar-refractivity contribution in [3.63, 3.8) is 0 Å². The van der Waals surface area contributed by atoms with Gasteiger partial charge in [-0.1, -0.05) is 0 Å². The van der Waals surface area contributed by atoms with Gasteiger partial charge in [0.1, 0.15) is 5.69 Å². The summed E-state index contributed by atoms with van der Waals surface area (Å²) in [4.78, 5) is 3.50. The number of alkyl halides is 2. The molecule has 5 heteroatoms. The van der Waals surface area contributed by atoms with Crippen LogP contribution in [0.1, 0.15) is 17.7 Å². The van der Waals surface area contributed by atoms with Gasteiger partial charge in [-0.3, -0.25) is 4.98 Å². The Morgan fingerprint density at radius 1 is 1.58 bits per heavy atom. The second kappa shape index (κ2) is 4.08. The minimum absolute atomic E-state index is 0.216. The topological polar surface area (TPSA) is 33.1 Å². The number of aromatic nitrogens is 1. The Kier molecular flexibility index (Phi) is 3.33. The van der Waals surface area contributed by atoms with Crippen LogP contribution in [-0.2, 0) is 6.61 Å². The van der Waals surface area contributed by atoms with Crippen molar-refractivity contribution in [3.05, 3.63) is 27.1 Å². The van der Waals surface area contributed by atoms with Crippen molar-refractivity contribution in [2.75, 3.05) is 0 Å². The summed E-state index contributed by atoms with van der Waals surface area (Å²) in [6, 6.07) is 1.58. The molecule has 0 bridgehead atoms. The second-order valence-electron chi connectivity index (χ2n) is 2.12. The summed E-state index contributed by atoms with van der Waals surface area (Å²) >= 11 is 1.89. The molecular formula is C7H6F2INO. The van der Waals surface area contributed by atoms with Gasteiger partial charge >= 0.3 is 0 Å². The van der Waals surface area contributed by atoms with Gasteiger partial charge in [-0.2, -0.15) is 0 Å². The Labute approximate surface area is 81.8 Å². The van der Waals surface area contributed by atoms with E-state index < -0.39 is 13.0 Å². The van der Waals surface area contributed by atoms with Gasteiger partial charge in [0.25, 0.3) is 6.43 Å². The first-order valence-corrected chi connectivity index (χ1v) is 4.27. The predicted molar refractivity (Wildman–Crippen MR) is 47.8 cm³/mol. The molecular weight excluding hydrogens is 279 g/mol. The Bertz CT molecular complexity index is 280. The van der Waals surface area contributed by atoms with E-state index in [4.69, 9.17) is 5.11 Å². The van der Waals surface area contributed by atoms with E-state index in [2.05, 4.69) is 4.98 Å². The van der Waals surface area contributed by atoms with Gasteiger partial charge in [0, 0.05) is 15.3 Å². The molecule has 0 aliphatic heterocycles. The third kappa shape index (κ3) is 1.89. The fraction of sp³-hybridized carbons (Fsp3) is 0.286. The first kappa shape index (κ1) is 9.79. The molecule has 66 valence electrons. The van der Waals surface area contributed by atoms with Gasteiger partial charge in [-0.15, -0.1) is 0 Å². The molecule has 1 heterocycles. The zero-order chi connectivity index (χ0) is 9.14. The summed E-state index contributed by atoms with van der Waals surface area (Å²) in [7, 11) is 0. The number of hydrogen-bond donors (Lipinski definition) is 1. The average molecular weight is 285 g/mol. The number of hydrogen-bond acceptors (Lipinski definition) is 2. The van der Waals surface area contributed by atoms with Crippen LogP contribution >= 0.6 is 22.6 Å². The molecule has 0 saturated carbocycles. The highest BCUT2D eigenvalue weighted by atomic mass is 127. The summed E-state index contributed by atoms with van der Waals surface area (Å²) in [5.74, 6) is 0. The van der Waals surface area contributed by atoms with Gasteiger partial charge < -0.3 is 5.11 Å². The zero-order valence-corrected chi connectivity index (χ0v) is 8.12. The van der Waals surface area contributed by atoms with Crippen LogP contribution in [0.5, 0.6) is 0 Å². The first-order valence-electron chi connectivity index (χ1n) is 3.19. The van der Waals surface area contributed by atoms with Crippen LogP contribution in [0.2, 0.25) is 0 Å². The molecule has 1 aromatic heterocycles. The van der Waals surface area contributed by atoms with Crippen LogP contribution < -0.4 is 0 Å². The third-order valence-corrected chi connectivity index (χ3v) is 2.41. The lowest BCUT2D eigenvalue weighted by atomic mass is 10.2. The smallest absolute Gasteiger partial charge is 0.280 e. The fourth-order valence-electron chi connectivity index (χ4n) is 0.828. The maximum Gasteiger partial charge on any atom is 0.280 e. The van der Waals surface area contributed by atoms with E-state index >= 15 is 0 Å². The van der Waals surface area contributed by atoms with Crippen LogP contribution in [0.25, 0.3) is 0 Å². The Morgan fingerprint density at radius 3 is 2.67 bits per heavy atom. The summed E-state index contributed by atoms with van der Waals surface area (Å²) in [5, 5.41) is 8.77. The van der Waals surface area contributed by atoms with Crippen LogP contribution in [0.4, 0.5) is 8.78 Å². The van der Waals surface area contributed by atoms with Crippen LogP contribution in [0.3, 0.4) is 0 Å². The number of nitrogens with zero attached hydrogens (tertiary/aromatic N) is 1. The van der Waals surface area contributed by atoms with Crippen molar-refractivity contribution < 1.29 is 13.9 Å².